The SMILES string of the molecule is O=C(c1cccc2c1NCCC2)N1CC[C@@H](Oc2ccccc2)C1. The van der Waals surface area contributed by atoms with Gasteiger partial charge in [0, 0.05) is 19.5 Å². The summed E-state index contributed by atoms with van der Waals surface area (Å²) in [6, 6.07) is 15.9. The molecule has 124 valence electrons. The van der Waals surface area contributed by atoms with Crippen LogP contribution in [0.1, 0.15) is 28.8 Å². The summed E-state index contributed by atoms with van der Waals surface area (Å²) in [5.74, 6) is 0.982. The lowest BCUT2D eigenvalue weighted by atomic mass is 9.99. The molecule has 0 unspecified atom stereocenters. The molecule has 0 radical (unpaired) electrons. The van der Waals surface area contributed by atoms with Gasteiger partial charge in [0.2, 0.25) is 0 Å². The van der Waals surface area contributed by atoms with Crippen molar-refractivity contribution in [3.63, 3.8) is 0 Å². The molecular formula is C20H22N2O2. The summed E-state index contributed by atoms with van der Waals surface area (Å²) in [5.41, 5.74) is 3.08. The van der Waals surface area contributed by atoms with Crippen LogP contribution in [0.5, 0.6) is 5.75 Å². The highest BCUT2D eigenvalue weighted by Gasteiger charge is 2.30. The van der Waals surface area contributed by atoms with E-state index in [0.29, 0.717) is 6.54 Å². The first kappa shape index (κ1) is 15.1. The van der Waals surface area contributed by atoms with Crippen molar-refractivity contribution in [1.82, 2.24) is 4.90 Å². The average Bonchev–Trinajstić information content (AvgIpc) is 3.10. The lowest BCUT2D eigenvalue weighted by Gasteiger charge is -2.23. The number of hydrogen-bond acceptors (Lipinski definition) is 3. The molecule has 0 aromatic heterocycles. The van der Waals surface area contributed by atoms with Gasteiger partial charge >= 0.3 is 0 Å². The van der Waals surface area contributed by atoms with E-state index >= 15 is 0 Å². The maximum atomic E-state index is 12.9. The zero-order chi connectivity index (χ0) is 16.4. The molecule has 0 aliphatic carbocycles. The van der Waals surface area contributed by atoms with Crippen molar-refractivity contribution in [2.24, 2.45) is 0 Å². The van der Waals surface area contributed by atoms with Gasteiger partial charge in [0.25, 0.3) is 5.91 Å². The number of fused-ring (bicyclic) bond motifs is 1. The summed E-state index contributed by atoms with van der Waals surface area (Å²) in [6.07, 6.45) is 3.12. The van der Waals surface area contributed by atoms with Crippen LogP contribution in [-0.2, 0) is 6.42 Å². The molecule has 4 heteroatoms. The molecule has 1 saturated heterocycles. The van der Waals surface area contributed by atoms with Crippen LogP contribution in [0.3, 0.4) is 0 Å². The second-order valence-corrected chi connectivity index (χ2v) is 6.46. The predicted molar refractivity (Wildman–Crippen MR) is 94.6 cm³/mol. The lowest BCUT2D eigenvalue weighted by molar-refractivity contribution is 0.0773. The summed E-state index contributed by atoms with van der Waals surface area (Å²) in [7, 11) is 0. The fourth-order valence-corrected chi connectivity index (χ4v) is 3.56. The molecule has 1 amide bonds. The average molecular weight is 322 g/mol. The van der Waals surface area contributed by atoms with Gasteiger partial charge in [-0.25, -0.2) is 0 Å². The van der Waals surface area contributed by atoms with Crippen molar-refractivity contribution in [1.29, 1.82) is 0 Å². The van der Waals surface area contributed by atoms with Gasteiger partial charge in [0.1, 0.15) is 11.9 Å². The maximum absolute atomic E-state index is 12.9. The number of likely N-dealkylation sites (tertiary alicyclic amines) is 1. The summed E-state index contributed by atoms with van der Waals surface area (Å²) in [4.78, 5) is 14.9. The standard InChI is InChI=1S/C20H22N2O2/c23-20(18-10-4-6-15-7-5-12-21-19(15)18)22-13-11-17(14-22)24-16-8-2-1-3-9-16/h1-4,6,8-10,17,21H,5,7,11-14H2/t17-/m1/s1. The summed E-state index contributed by atoms with van der Waals surface area (Å²) >= 11 is 0. The second kappa shape index (κ2) is 6.56. The van der Waals surface area contributed by atoms with E-state index in [1.807, 2.05) is 47.4 Å². The van der Waals surface area contributed by atoms with E-state index in [-0.39, 0.29) is 12.0 Å². The topological polar surface area (TPSA) is 41.6 Å². The molecule has 0 saturated carbocycles. The summed E-state index contributed by atoms with van der Waals surface area (Å²) in [5, 5.41) is 3.41. The molecule has 24 heavy (non-hydrogen) atoms. The van der Waals surface area contributed by atoms with Gasteiger partial charge in [-0.15, -0.1) is 0 Å². The second-order valence-electron chi connectivity index (χ2n) is 6.46. The van der Waals surface area contributed by atoms with Crippen molar-refractivity contribution >= 4 is 11.6 Å². The number of amides is 1. The molecule has 1 N–H and O–H groups in total. The third kappa shape index (κ3) is 2.96. The fourth-order valence-electron chi connectivity index (χ4n) is 3.56. The number of ether oxygens (including phenoxy) is 1. The molecule has 2 heterocycles. The minimum absolute atomic E-state index is 0.0730. The maximum Gasteiger partial charge on any atom is 0.256 e. The van der Waals surface area contributed by atoms with Gasteiger partial charge in [0.15, 0.2) is 0 Å². The van der Waals surface area contributed by atoms with Crippen molar-refractivity contribution in [3.05, 3.63) is 59.7 Å². The Bertz CT molecular complexity index is 730. The Morgan fingerprint density at radius 3 is 2.88 bits per heavy atom. The Kier molecular flexibility index (Phi) is 4.11. The Hall–Kier alpha value is -2.49. The van der Waals surface area contributed by atoms with Crippen molar-refractivity contribution in [3.8, 4) is 5.75 Å². The predicted octanol–water partition coefficient (Wildman–Crippen LogP) is 3.34. The Morgan fingerprint density at radius 1 is 1.12 bits per heavy atom. The first-order valence-corrected chi connectivity index (χ1v) is 8.68. The van der Waals surface area contributed by atoms with Crippen LogP contribution in [0.25, 0.3) is 0 Å². The number of carbonyl (C=O) groups is 1. The number of rotatable bonds is 3. The molecule has 2 aromatic rings. The molecule has 2 aliphatic rings. The molecule has 0 spiro atoms. The molecule has 2 aliphatic heterocycles. The molecule has 4 rings (SSSR count). The minimum atomic E-state index is 0.0730. The smallest absolute Gasteiger partial charge is 0.256 e. The van der Waals surface area contributed by atoms with Gasteiger partial charge in [-0.2, -0.15) is 0 Å². The Morgan fingerprint density at radius 2 is 2.00 bits per heavy atom. The number of hydrogen-bond donors (Lipinski definition) is 1. The number of nitrogens with one attached hydrogen (secondary N) is 1. The summed E-state index contributed by atoms with van der Waals surface area (Å²) < 4.78 is 5.99. The zero-order valence-corrected chi connectivity index (χ0v) is 13.7. The van der Waals surface area contributed by atoms with E-state index in [1.54, 1.807) is 0 Å². The molecule has 1 fully saturated rings. The number of nitrogens with zero attached hydrogens (tertiary/aromatic N) is 1. The van der Waals surface area contributed by atoms with Gasteiger partial charge in [-0.3, -0.25) is 4.79 Å². The van der Waals surface area contributed by atoms with E-state index in [2.05, 4.69) is 11.4 Å². The first-order chi connectivity index (χ1) is 11.8. The Balaban J connectivity index is 1.46. The molecule has 4 nitrogen and oxygen atoms in total. The highest BCUT2D eigenvalue weighted by atomic mass is 16.5. The molecule has 2 aromatic carbocycles. The highest BCUT2D eigenvalue weighted by molar-refractivity contribution is 6.00. The third-order valence-electron chi connectivity index (χ3n) is 4.78. The first-order valence-electron chi connectivity index (χ1n) is 8.68. The quantitative estimate of drug-likeness (QED) is 0.942. The van der Waals surface area contributed by atoms with Crippen LogP contribution in [0.4, 0.5) is 5.69 Å². The van der Waals surface area contributed by atoms with Crippen LogP contribution in [0, 0.1) is 0 Å². The van der Waals surface area contributed by atoms with E-state index in [1.165, 1.54) is 5.56 Å². The van der Waals surface area contributed by atoms with Gasteiger partial charge < -0.3 is 15.0 Å². The Labute approximate surface area is 142 Å². The minimum Gasteiger partial charge on any atom is -0.489 e. The van der Waals surface area contributed by atoms with E-state index in [9.17, 15) is 4.79 Å². The lowest BCUT2D eigenvalue weighted by Crippen LogP contribution is -2.32. The van der Waals surface area contributed by atoms with E-state index in [4.69, 9.17) is 4.74 Å². The number of aryl methyl sites for hydroxylation is 1. The normalized spacial score (nSPS) is 19.5. The van der Waals surface area contributed by atoms with Crippen molar-refractivity contribution < 1.29 is 9.53 Å². The fraction of sp³-hybridized carbons (Fsp3) is 0.350. The molecule has 0 bridgehead atoms. The van der Waals surface area contributed by atoms with Crippen LogP contribution in [0.15, 0.2) is 48.5 Å². The van der Waals surface area contributed by atoms with Gasteiger partial charge in [0.05, 0.1) is 17.8 Å². The highest BCUT2D eigenvalue weighted by Crippen LogP contribution is 2.28. The number of para-hydroxylation sites is 2. The van der Waals surface area contributed by atoms with E-state index in [0.717, 1.165) is 49.4 Å². The zero-order valence-electron chi connectivity index (χ0n) is 13.7. The van der Waals surface area contributed by atoms with Gasteiger partial charge in [-0.05, 0) is 36.6 Å². The van der Waals surface area contributed by atoms with E-state index < -0.39 is 0 Å². The van der Waals surface area contributed by atoms with Gasteiger partial charge in [-0.1, -0.05) is 30.3 Å². The number of benzene rings is 2. The van der Waals surface area contributed by atoms with Crippen molar-refractivity contribution in [2.75, 3.05) is 25.0 Å². The number of anilines is 1. The largest absolute Gasteiger partial charge is 0.489 e. The molecular weight excluding hydrogens is 300 g/mol. The molecule has 1 atom stereocenters. The number of carbonyl (C=O) groups excluding carboxylic acids is 1. The van der Waals surface area contributed by atoms with Crippen molar-refractivity contribution in [2.45, 2.75) is 25.4 Å². The van der Waals surface area contributed by atoms with Crippen LogP contribution < -0.4 is 10.1 Å². The van der Waals surface area contributed by atoms with Crippen LogP contribution >= 0.6 is 0 Å². The summed E-state index contributed by atoms with van der Waals surface area (Å²) in [6.45, 7) is 2.34. The monoisotopic (exact) mass is 322 g/mol. The third-order valence-corrected chi connectivity index (χ3v) is 4.78. The van der Waals surface area contributed by atoms with Crippen LogP contribution in [0.2, 0.25) is 0 Å². The van der Waals surface area contributed by atoms with Crippen LogP contribution in [-0.4, -0.2) is 36.5 Å².